The number of aryl methyl sites for hydroxylation is 4. The minimum Gasteiger partial charge on any atom is -0.468 e. The first kappa shape index (κ1) is 25.7. The maximum Gasteiger partial charge on any atom is 0.329 e. The Morgan fingerprint density at radius 1 is 0.532 bits per heavy atom. The molecule has 5 heteroatoms. The summed E-state index contributed by atoms with van der Waals surface area (Å²) in [6.45, 7) is 8.90. The molecule has 1 aromatic heterocycles. The number of benzene rings is 6. The van der Waals surface area contributed by atoms with Gasteiger partial charge in [-0.25, -0.2) is 0 Å². The van der Waals surface area contributed by atoms with E-state index in [1.807, 2.05) is 0 Å². The summed E-state index contributed by atoms with van der Waals surface area (Å²) in [7, 11) is 0. The van der Waals surface area contributed by atoms with Crippen molar-refractivity contribution in [3.05, 3.63) is 131 Å². The summed E-state index contributed by atoms with van der Waals surface area (Å²) in [6, 6.07) is 41.2. The van der Waals surface area contributed by atoms with Crippen LogP contribution in [0, 0.1) is 27.7 Å². The molecular formula is C42H30B2N2O. The monoisotopic (exact) mass is 600 g/mol. The second kappa shape index (κ2) is 8.68. The third-order valence-electron chi connectivity index (χ3n) is 11.0. The Morgan fingerprint density at radius 3 is 1.96 bits per heavy atom. The van der Waals surface area contributed by atoms with Crippen LogP contribution in [-0.4, -0.2) is 13.6 Å². The molecule has 4 aliphatic heterocycles. The summed E-state index contributed by atoms with van der Waals surface area (Å²) >= 11 is 0. The summed E-state index contributed by atoms with van der Waals surface area (Å²) in [5.74, 6) is 0. The second-order valence-electron chi connectivity index (χ2n) is 14.0. The maximum absolute atomic E-state index is 7.03. The normalized spacial score (nSPS) is 14.2. The van der Waals surface area contributed by atoms with Gasteiger partial charge in [-0.1, -0.05) is 95.1 Å². The predicted molar refractivity (Wildman–Crippen MR) is 199 cm³/mol. The third-order valence-corrected chi connectivity index (χ3v) is 11.0. The zero-order chi connectivity index (χ0) is 31.3. The Morgan fingerprint density at radius 2 is 1.19 bits per heavy atom. The first-order valence-electron chi connectivity index (χ1n) is 16.7. The fourth-order valence-corrected chi connectivity index (χ4v) is 9.17. The minimum atomic E-state index is -0.0337. The van der Waals surface area contributed by atoms with Crippen molar-refractivity contribution in [3.8, 4) is 22.3 Å². The van der Waals surface area contributed by atoms with E-state index >= 15 is 0 Å². The van der Waals surface area contributed by atoms with Gasteiger partial charge in [0.2, 0.25) is 0 Å². The molecule has 7 aromatic rings. The van der Waals surface area contributed by atoms with Gasteiger partial charge in [-0.05, 0) is 97.1 Å². The molecule has 0 radical (unpaired) electrons. The lowest BCUT2D eigenvalue weighted by molar-refractivity contribution is 0.651. The number of rotatable bonds is 1. The van der Waals surface area contributed by atoms with E-state index in [-0.39, 0.29) is 13.6 Å². The lowest BCUT2D eigenvalue weighted by Crippen LogP contribution is -2.69. The third kappa shape index (κ3) is 3.15. The van der Waals surface area contributed by atoms with Crippen molar-refractivity contribution < 1.29 is 4.42 Å². The highest BCUT2D eigenvalue weighted by Gasteiger charge is 2.53. The molecule has 0 N–H and O–H groups in total. The summed E-state index contributed by atoms with van der Waals surface area (Å²) < 4.78 is 7.03. The van der Waals surface area contributed by atoms with Crippen LogP contribution in [-0.2, 0) is 0 Å². The van der Waals surface area contributed by atoms with E-state index in [9.17, 15) is 0 Å². The van der Waals surface area contributed by atoms with Crippen LogP contribution in [0.3, 0.4) is 0 Å². The number of nitrogens with zero attached hydrogens (tertiary/aromatic N) is 2. The van der Waals surface area contributed by atoms with Gasteiger partial charge in [-0.15, -0.1) is 0 Å². The number of anilines is 5. The van der Waals surface area contributed by atoms with Crippen molar-refractivity contribution >= 4 is 80.5 Å². The Hall–Kier alpha value is -5.41. The SMILES string of the molecule is Cc1ccc(N2c3ccc4c5c3B(c3cc(C)cc6c3N5B(c3cc(C)ccc3-6)c3cc(C)ccc3-4)c3oc4ccccc4c32)cc1. The average Bonchev–Trinajstić information content (AvgIpc) is 3.45. The predicted octanol–water partition coefficient (Wildman–Crippen LogP) is 7.18. The molecule has 0 fully saturated rings. The van der Waals surface area contributed by atoms with Gasteiger partial charge in [0, 0.05) is 39.3 Å². The fourth-order valence-electron chi connectivity index (χ4n) is 9.17. The number of hydrogen-bond donors (Lipinski definition) is 0. The number of hydrogen-bond acceptors (Lipinski definition) is 3. The molecule has 0 saturated heterocycles. The molecule has 6 aromatic carbocycles. The van der Waals surface area contributed by atoms with Crippen LogP contribution in [0.5, 0.6) is 0 Å². The molecule has 0 aliphatic carbocycles. The first-order valence-corrected chi connectivity index (χ1v) is 16.7. The van der Waals surface area contributed by atoms with Crippen molar-refractivity contribution in [1.29, 1.82) is 0 Å². The zero-order valence-electron chi connectivity index (χ0n) is 26.8. The molecule has 11 rings (SSSR count). The number of para-hydroxylation sites is 1. The van der Waals surface area contributed by atoms with Crippen molar-refractivity contribution in [1.82, 2.24) is 0 Å². The summed E-state index contributed by atoms with van der Waals surface area (Å²) in [6.07, 6.45) is 0. The second-order valence-corrected chi connectivity index (χ2v) is 14.0. The smallest absolute Gasteiger partial charge is 0.329 e. The van der Waals surface area contributed by atoms with Gasteiger partial charge in [0.05, 0.1) is 11.3 Å². The molecule has 4 aliphatic rings. The van der Waals surface area contributed by atoms with Gasteiger partial charge in [0.15, 0.2) is 0 Å². The van der Waals surface area contributed by atoms with Crippen molar-refractivity contribution in [2.24, 2.45) is 0 Å². The average molecular weight is 600 g/mol. The van der Waals surface area contributed by atoms with Crippen LogP contribution in [0.2, 0.25) is 0 Å². The van der Waals surface area contributed by atoms with Gasteiger partial charge in [-0.3, -0.25) is 0 Å². The van der Waals surface area contributed by atoms with E-state index in [1.54, 1.807) is 0 Å². The van der Waals surface area contributed by atoms with E-state index in [0.717, 1.165) is 28.0 Å². The Balaban J connectivity index is 1.34. The van der Waals surface area contributed by atoms with E-state index in [2.05, 4.69) is 147 Å². The molecule has 220 valence electrons. The maximum atomic E-state index is 7.03. The topological polar surface area (TPSA) is 19.6 Å². The quantitative estimate of drug-likeness (QED) is 0.186. The lowest BCUT2D eigenvalue weighted by atomic mass is 9.32. The lowest BCUT2D eigenvalue weighted by Gasteiger charge is -2.51. The molecular weight excluding hydrogens is 570 g/mol. The van der Waals surface area contributed by atoms with Crippen molar-refractivity contribution in [2.45, 2.75) is 27.7 Å². The van der Waals surface area contributed by atoms with Gasteiger partial charge < -0.3 is 14.1 Å². The highest BCUT2D eigenvalue weighted by atomic mass is 16.3. The van der Waals surface area contributed by atoms with E-state index in [4.69, 9.17) is 4.42 Å². The van der Waals surface area contributed by atoms with Crippen LogP contribution in [0.4, 0.5) is 28.4 Å². The molecule has 0 amide bonds. The van der Waals surface area contributed by atoms with Crippen LogP contribution in [0.25, 0.3) is 33.2 Å². The summed E-state index contributed by atoms with van der Waals surface area (Å²) in [5.41, 5.74) is 24.0. The first-order chi connectivity index (χ1) is 23.0. The van der Waals surface area contributed by atoms with E-state index in [1.165, 1.54) is 83.4 Å². The van der Waals surface area contributed by atoms with Crippen LogP contribution < -0.4 is 37.2 Å². The number of furan rings is 1. The van der Waals surface area contributed by atoms with Crippen LogP contribution in [0.15, 0.2) is 114 Å². The van der Waals surface area contributed by atoms with Crippen molar-refractivity contribution in [2.75, 3.05) is 9.71 Å². The van der Waals surface area contributed by atoms with Crippen molar-refractivity contribution in [3.63, 3.8) is 0 Å². The van der Waals surface area contributed by atoms with Crippen LogP contribution >= 0.6 is 0 Å². The molecule has 0 unspecified atom stereocenters. The fraction of sp³-hybridized carbons (Fsp3) is 0.0952. The molecule has 5 heterocycles. The zero-order valence-corrected chi connectivity index (χ0v) is 26.8. The molecule has 0 spiro atoms. The van der Waals surface area contributed by atoms with Gasteiger partial charge >= 0.3 is 6.85 Å². The van der Waals surface area contributed by atoms with Gasteiger partial charge in [-0.2, -0.15) is 0 Å². The summed E-state index contributed by atoms with van der Waals surface area (Å²) in [4.78, 5) is 5.18. The molecule has 47 heavy (non-hydrogen) atoms. The molecule has 3 nitrogen and oxygen atoms in total. The largest absolute Gasteiger partial charge is 0.468 e. The molecule has 0 atom stereocenters. The Bertz CT molecular complexity index is 2550. The standard InChI is InChI=1S/C42H30B2N2O/c1-23-9-13-27(14-10-23)45-36-18-17-30-28-15-11-24(2)20-33(28)44-34-21-25(3)12-16-29(34)32-19-26(4)22-35-39(32)46(44)40(30)38(36)43(35)42-41(45)31-7-5-6-8-37(31)47-42/h5-22H,1-4H3. The van der Waals surface area contributed by atoms with E-state index < -0.39 is 0 Å². The van der Waals surface area contributed by atoms with Gasteiger partial charge in [0.25, 0.3) is 6.71 Å². The van der Waals surface area contributed by atoms with E-state index in [0.29, 0.717) is 0 Å². The highest BCUT2D eigenvalue weighted by molar-refractivity contribution is 7.03. The Labute approximate surface area is 275 Å². The molecule has 0 bridgehead atoms. The van der Waals surface area contributed by atoms with Crippen LogP contribution in [0.1, 0.15) is 22.3 Å². The number of fused-ring (bicyclic) bond motifs is 11. The molecule has 0 saturated carbocycles. The highest BCUT2D eigenvalue weighted by Crippen LogP contribution is 2.51. The Kier molecular flexibility index (Phi) is 4.76. The minimum absolute atomic E-state index is 0.0337. The summed E-state index contributed by atoms with van der Waals surface area (Å²) in [5, 5.41) is 1.15. The van der Waals surface area contributed by atoms with Gasteiger partial charge in [0.1, 0.15) is 5.58 Å².